The molecule has 6 rings (SSSR count). The fourth-order valence-corrected chi connectivity index (χ4v) is 5.35. The van der Waals surface area contributed by atoms with Gasteiger partial charge in [-0.1, -0.05) is 6.58 Å². The number of carbonyl (C=O) groups is 1. The Balaban J connectivity index is 1.25. The number of hydrogen-bond donors (Lipinski definition) is 1. The maximum absolute atomic E-state index is 15.1. The topological polar surface area (TPSA) is 92.7 Å². The van der Waals surface area contributed by atoms with Gasteiger partial charge in [0.25, 0.3) is 0 Å². The number of anilines is 3. The minimum Gasteiger partial charge on any atom is -0.490 e. The Bertz CT molecular complexity index is 1420. The van der Waals surface area contributed by atoms with Crippen LogP contribution in [0.5, 0.6) is 5.75 Å². The standard InChI is InChI=1S/C26H25F3N6O3/c1-2-21(36)34-9-16-7-15(34)10-35(16)26-17(27)8-19-24(33-26)25(31-13-30-19)32-18-3-4-20(23(29)22(18)28)38-12-14-5-6-37-11-14/h2-4,8,13-16H,1,5-7,9-12H2,(H,30,31,32)/t14-,15+,16+/m1/s1. The van der Waals surface area contributed by atoms with Crippen molar-refractivity contribution in [2.75, 3.05) is 43.1 Å². The number of amides is 1. The summed E-state index contributed by atoms with van der Waals surface area (Å²) < 4.78 is 55.6. The Morgan fingerprint density at radius 1 is 1.21 bits per heavy atom. The van der Waals surface area contributed by atoms with E-state index in [0.717, 1.165) is 6.42 Å². The lowest BCUT2D eigenvalue weighted by Crippen LogP contribution is -2.48. The molecule has 3 aromatic rings. The van der Waals surface area contributed by atoms with E-state index in [1.165, 1.54) is 30.6 Å². The summed E-state index contributed by atoms with van der Waals surface area (Å²) in [5.74, 6) is -2.84. The number of rotatable bonds is 7. The summed E-state index contributed by atoms with van der Waals surface area (Å²) in [6, 6.07) is 3.77. The minimum atomic E-state index is -1.14. The Labute approximate surface area is 216 Å². The second-order valence-corrected chi connectivity index (χ2v) is 9.68. The number of piperazine rings is 1. The van der Waals surface area contributed by atoms with Crippen molar-refractivity contribution < 1.29 is 27.4 Å². The van der Waals surface area contributed by atoms with Gasteiger partial charge in [0.05, 0.1) is 36.5 Å². The van der Waals surface area contributed by atoms with Crippen LogP contribution < -0.4 is 15.0 Å². The lowest BCUT2D eigenvalue weighted by Gasteiger charge is -2.34. The number of fused-ring (bicyclic) bond motifs is 3. The Morgan fingerprint density at radius 3 is 2.82 bits per heavy atom. The summed E-state index contributed by atoms with van der Waals surface area (Å²) in [5, 5.41) is 2.77. The molecule has 0 unspecified atom stereocenters. The predicted molar refractivity (Wildman–Crippen MR) is 133 cm³/mol. The highest BCUT2D eigenvalue weighted by molar-refractivity contribution is 5.89. The van der Waals surface area contributed by atoms with Crippen LogP contribution in [0.2, 0.25) is 0 Å². The fraction of sp³-hybridized carbons (Fsp3) is 0.385. The Kier molecular flexibility index (Phi) is 6.26. The number of pyridine rings is 1. The number of halogens is 3. The molecule has 0 radical (unpaired) electrons. The third-order valence-corrected chi connectivity index (χ3v) is 7.31. The van der Waals surface area contributed by atoms with Gasteiger partial charge in [-0.15, -0.1) is 0 Å². The van der Waals surface area contributed by atoms with Crippen LogP contribution in [0.25, 0.3) is 11.0 Å². The number of ether oxygens (including phenoxy) is 2. The van der Waals surface area contributed by atoms with Crippen LogP contribution in [0.3, 0.4) is 0 Å². The number of likely N-dealkylation sites (tertiary alicyclic amines) is 1. The molecule has 12 heteroatoms. The SMILES string of the molecule is C=CC(=O)N1C[C@@H]2C[C@H]1CN2c1nc2c(Nc3ccc(OC[C@@H]4CCOC4)c(F)c3F)ncnc2cc1F. The maximum atomic E-state index is 15.1. The Hall–Kier alpha value is -3.93. The number of nitrogens with one attached hydrogen (secondary N) is 1. The molecule has 0 saturated carbocycles. The van der Waals surface area contributed by atoms with E-state index in [-0.39, 0.29) is 64.6 Å². The fourth-order valence-electron chi connectivity index (χ4n) is 5.35. The molecule has 1 aromatic carbocycles. The highest BCUT2D eigenvalue weighted by Gasteiger charge is 2.46. The van der Waals surface area contributed by atoms with Crippen molar-refractivity contribution in [2.24, 2.45) is 5.92 Å². The van der Waals surface area contributed by atoms with Gasteiger partial charge in [-0.25, -0.2) is 23.7 Å². The van der Waals surface area contributed by atoms with Crippen LogP contribution in [0.15, 0.2) is 37.2 Å². The van der Waals surface area contributed by atoms with E-state index in [4.69, 9.17) is 9.47 Å². The molecule has 2 bridgehead atoms. The zero-order valence-electron chi connectivity index (χ0n) is 20.4. The molecule has 3 fully saturated rings. The van der Waals surface area contributed by atoms with Crippen molar-refractivity contribution in [3.63, 3.8) is 0 Å². The van der Waals surface area contributed by atoms with Gasteiger partial charge in [0.15, 0.2) is 29.0 Å². The average Bonchev–Trinajstić information content (AvgIpc) is 3.68. The van der Waals surface area contributed by atoms with Crippen LogP contribution in [-0.4, -0.2) is 70.8 Å². The first kappa shape index (κ1) is 24.4. The quantitative estimate of drug-likeness (QED) is 0.467. The highest BCUT2D eigenvalue weighted by atomic mass is 19.2. The zero-order valence-corrected chi connectivity index (χ0v) is 20.4. The summed E-state index contributed by atoms with van der Waals surface area (Å²) in [5.41, 5.74) is 0.230. The molecule has 1 N–H and O–H groups in total. The van der Waals surface area contributed by atoms with E-state index in [0.29, 0.717) is 32.7 Å². The summed E-state index contributed by atoms with van der Waals surface area (Å²) >= 11 is 0. The van der Waals surface area contributed by atoms with E-state index in [1.54, 1.807) is 4.90 Å². The molecule has 38 heavy (non-hydrogen) atoms. The predicted octanol–water partition coefficient (Wildman–Crippen LogP) is 3.58. The molecular formula is C26H25F3N6O3. The van der Waals surface area contributed by atoms with Gasteiger partial charge in [0, 0.05) is 31.7 Å². The minimum absolute atomic E-state index is 0.0639. The number of carbonyl (C=O) groups excluding carboxylic acids is 1. The van der Waals surface area contributed by atoms with Crippen LogP contribution in [0, 0.1) is 23.4 Å². The van der Waals surface area contributed by atoms with Crippen molar-refractivity contribution in [3.05, 3.63) is 54.6 Å². The second kappa shape index (κ2) is 9.75. The van der Waals surface area contributed by atoms with Gasteiger partial charge < -0.3 is 24.6 Å². The number of nitrogens with zero attached hydrogens (tertiary/aromatic N) is 5. The van der Waals surface area contributed by atoms with Crippen LogP contribution in [0.1, 0.15) is 12.8 Å². The molecule has 0 aliphatic carbocycles. The molecule has 3 saturated heterocycles. The number of hydrogen-bond acceptors (Lipinski definition) is 8. The molecule has 1 amide bonds. The summed E-state index contributed by atoms with van der Waals surface area (Å²) in [4.78, 5) is 28.4. The highest BCUT2D eigenvalue weighted by Crippen LogP contribution is 2.37. The Morgan fingerprint density at radius 2 is 2.08 bits per heavy atom. The van der Waals surface area contributed by atoms with Crippen molar-refractivity contribution in [2.45, 2.75) is 24.9 Å². The van der Waals surface area contributed by atoms with Gasteiger partial charge >= 0.3 is 0 Å². The molecular weight excluding hydrogens is 501 g/mol. The first-order valence-corrected chi connectivity index (χ1v) is 12.4. The van der Waals surface area contributed by atoms with Crippen LogP contribution in [-0.2, 0) is 9.53 Å². The molecule has 0 spiro atoms. The molecule has 2 aromatic heterocycles. The summed E-state index contributed by atoms with van der Waals surface area (Å²) in [6.07, 6.45) is 3.98. The number of aromatic nitrogens is 3. The maximum Gasteiger partial charge on any atom is 0.246 e. The first-order valence-electron chi connectivity index (χ1n) is 12.4. The van der Waals surface area contributed by atoms with E-state index in [9.17, 15) is 13.6 Å². The molecule has 3 aliphatic heterocycles. The smallest absolute Gasteiger partial charge is 0.246 e. The van der Waals surface area contributed by atoms with Gasteiger partial charge in [0.2, 0.25) is 11.7 Å². The second-order valence-electron chi connectivity index (χ2n) is 9.68. The third-order valence-electron chi connectivity index (χ3n) is 7.31. The first-order chi connectivity index (χ1) is 18.4. The monoisotopic (exact) mass is 526 g/mol. The van der Waals surface area contributed by atoms with Gasteiger partial charge in [-0.2, -0.15) is 4.39 Å². The molecule has 3 aliphatic rings. The van der Waals surface area contributed by atoms with Gasteiger partial charge in [-0.05, 0) is 31.1 Å². The van der Waals surface area contributed by atoms with E-state index in [1.807, 2.05) is 4.90 Å². The molecule has 9 nitrogen and oxygen atoms in total. The average molecular weight is 527 g/mol. The molecule has 5 heterocycles. The van der Waals surface area contributed by atoms with Crippen molar-refractivity contribution in [1.82, 2.24) is 19.9 Å². The van der Waals surface area contributed by atoms with Gasteiger partial charge in [0.1, 0.15) is 11.8 Å². The number of benzene rings is 1. The zero-order chi connectivity index (χ0) is 26.4. The van der Waals surface area contributed by atoms with E-state index < -0.39 is 17.5 Å². The van der Waals surface area contributed by atoms with Crippen LogP contribution in [0.4, 0.5) is 30.5 Å². The van der Waals surface area contributed by atoms with Crippen LogP contribution >= 0.6 is 0 Å². The van der Waals surface area contributed by atoms with Crippen molar-refractivity contribution in [1.29, 1.82) is 0 Å². The van der Waals surface area contributed by atoms with Gasteiger partial charge in [-0.3, -0.25) is 4.79 Å². The third kappa shape index (κ3) is 4.28. The van der Waals surface area contributed by atoms with Crippen molar-refractivity contribution in [3.8, 4) is 5.75 Å². The normalized spacial score (nSPS) is 22.3. The van der Waals surface area contributed by atoms with E-state index in [2.05, 4.69) is 26.8 Å². The van der Waals surface area contributed by atoms with Crippen molar-refractivity contribution >= 4 is 34.3 Å². The lowest BCUT2D eigenvalue weighted by atomic mass is 10.1. The summed E-state index contributed by atoms with van der Waals surface area (Å²) in [7, 11) is 0. The molecule has 198 valence electrons. The summed E-state index contributed by atoms with van der Waals surface area (Å²) in [6.45, 7) is 5.80. The molecule has 3 atom stereocenters. The largest absolute Gasteiger partial charge is 0.490 e. The van der Waals surface area contributed by atoms with E-state index >= 15 is 4.39 Å². The lowest BCUT2D eigenvalue weighted by molar-refractivity contribution is -0.127.